The van der Waals surface area contributed by atoms with Crippen molar-refractivity contribution in [3.05, 3.63) is 21.9 Å². The van der Waals surface area contributed by atoms with Crippen molar-refractivity contribution in [2.75, 3.05) is 0 Å². The second-order valence-electron chi connectivity index (χ2n) is 5.54. The molecule has 3 nitrogen and oxygen atoms in total. The molecule has 2 saturated carbocycles. The summed E-state index contributed by atoms with van der Waals surface area (Å²) in [5.74, 6) is 1.51. The highest BCUT2D eigenvalue weighted by molar-refractivity contribution is 7.11. The van der Waals surface area contributed by atoms with Gasteiger partial charge in [0.25, 0.3) is 0 Å². The van der Waals surface area contributed by atoms with Crippen LogP contribution in [0, 0.1) is 18.8 Å². The molecule has 0 aromatic carbocycles. The number of rotatable bonds is 5. The first kappa shape index (κ1) is 12.0. The Labute approximate surface area is 112 Å². The topological polar surface area (TPSA) is 41.1 Å². The molecular formula is C14H20N2OS. The molecule has 1 aromatic rings. The summed E-state index contributed by atoms with van der Waals surface area (Å²) in [4.78, 5) is 14.4. The number of carbonyl (C=O) groups excluding carboxylic acids is 1. The molecule has 0 radical (unpaired) electrons. The van der Waals surface area contributed by atoms with Gasteiger partial charge >= 0.3 is 6.03 Å². The van der Waals surface area contributed by atoms with Crippen LogP contribution in [0.2, 0.25) is 0 Å². The first-order valence-corrected chi connectivity index (χ1v) is 7.63. The Kier molecular flexibility index (Phi) is 3.29. The van der Waals surface area contributed by atoms with E-state index in [1.807, 2.05) is 0 Å². The molecule has 0 aliphatic heterocycles. The second kappa shape index (κ2) is 4.92. The van der Waals surface area contributed by atoms with Gasteiger partial charge in [-0.2, -0.15) is 0 Å². The van der Waals surface area contributed by atoms with Crippen molar-refractivity contribution in [3.63, 3.8) is 0 Å². The summed E-state index contributed by atoms with van der Waals surface area (Å²) in [5.41, 5.74) is 0. The second-order valence-corrected chi connectivity index (χ2v) is 6.91. The van der Waals surface area contributed by atoms with Crippen LogP contribution in [0.3, 0.4) is 0 Å². The fourth-order valence-electron chi connectivity index (χ4n) is 2.48. The van der Waals surface area contributed by atoms with Crippen LogP contribution < -0.4 is 10.6 Å². The Hall–Kier alpha value is -1.03. The molecule has 98 valence electrons. The van der Waals surface area contributed by atoms with E-state index in [4.69, 9.17) is 0 Å². The summed E-state index contributed by atoms with van der Waals surface area (Å²) < 4.78 is 0. The molecule has 0 unspecified atom stereocenters. The van der Waals surface area contributed by atoms with Gasteiger partial charge in [-0.1, -0.05) is 0 Å². The van der Waals surface area contributed by atoms with Crippen molar-refractivity contribution in [2.45, 2.75) is 45.2 Å². The number of nitrogens with one attached hydrogen (secondary N) is 2. The largest absolute Gasteiger partial charge is 0.335 e. The Balaban J connectivity index is 1.46. The summed E-state index contributed by atoms with van der Waals surface area (Å²) in [7, 11) is 0. The molecule has 2 N–H and O–H groups in total. The summed E-state index contributed by atoms with van der Waals surface area (Å²) >= 11 is 1.74. The van der Waals surface area contributed by atoms with Gasteiger partial charge in [0, 0.05) is 15.8 Å². The highest BCUT2D eigenvalue weighted by atomic mass is 32.1. The Bertz CT molecular complexity index is 423. The van der Waals surface area contributed by atoms with Gasteiger partial charge in [-0.25, -0.2) is 4.79 Å². The smallest absolute Gasteiger partial charge is 0.315 e. The van der Waals surface area contributed by atoms with Gasteiger partial charge in [-0.3, -0.25) is 0 Å². The minimum Gasteiger partial charge on any atom is -0.335 e. The van der Waals surface area contributed by atoms with E-state index >= 15 is 0 Å². The number of urea groups is 1. The van der Waals surface area contributed by atoms with Crippen molar-refractivity contribution in [2.24, 2.45) is 11.8 Å². The number of thiophene rings is 1. The van der Waals surface area contributed by atoms with E-state index in [0.717, 1.165) is 11.8 Å². The lowest BCUT2D eigenvalue weighted by Crippen LogP contribution is -2.43. The maximum Gasteiger partial charge on any atom is 0.315 e. The minimum atomic E-state index is 0.00449. The van der Waals surface area contributed by atoms with Crippen LogP contribution in [0.15, 0.2) is 12.1 Å². The average Bonchev–Trinajstić information content (AvgIpc) is 3.23. The number of hydrogen-bond acceptors (Lipinski definition) is 2. The van der Waals surface area contributed by atoms with Gasteiger partial charge in [-0.15, -0.1) is 11.3 Å². The standard InChI is InChI=1S/C14H20N2OS/c1-9-2-7-12(18-9)8-15-14(17)16-13(10-3-4-10)11-5-6-11/h2,7,10-11,13H,3-6,8H2,1H3,(H2,15,16,17). The molecule has 1 heterocycles. The summed E-state index contributed by atoms with van der Waals surface area (Å²) in [6, 6.07) is 4.62. The van der Waals surface area contributed by atoms with Crippen LogP contribution in [-0.2, 0) is 6.54 Å². The molecule has 2 aliphatic carbocycles. The highest BCUT2D eigenvalue weighted by Crippen LogP contribution is 2.44. The first-order chi connectivity index (χ1) is 8.72. The van der Waals surface area contributed by atoms with Crippen molar-refractivity contribution in [1.29, 1.82) is 0 Å². The first-order valence-electron chi connectivity index (χ1n) is 6.82. The van der Waals surface area contributed by atoms with Crippen LogP contribution >= 0.6 is 11.3 Å². The molecule has 2 amide bonds. The molecule has 0 atom stereocenters. The Morgan fingerprint density at radius 1 is 1.33 bits per heavy atom. The normalized spacial score (nSPS) is 19.0. The van der Waals surface area contributed by atoms with Crippen LogP contribution in [0.25, 0.3) is 0 Å². The SMILES string of the molecule is Cc1ccc(CNC(=O)NC(C2CC2)C2CC2)s1. The van der Waals surface area contributed by atoms with E-state index in [-0.39, 0.29) is 6.03 Å². The van der Waals surface area contributed by atoms with Crippen LogP contribution in [-0.4, -0.2) is 12.1 Å². The molecule has 0 spiro atoms. The number of aryl methyl sites for hydroxylation is 1. The lowest BCUT2D eigenvalue weighted by molar-refractivity contribution is 0.233. The molecular weight excluding hydrogens is 244 g/mol. The van der Waals surface area contributed by atoms with Gasteiger partial charge < -0.3 is 10.6 Å². The quantitative estimate of drug-likeness (QED) is 0.843. The third-order valence-corrected chi connectivity index (χ3v) is 4.78. The predicted molar refractivity (Wildman–Crippen MR) is 73.7 cm³/mol. The zero-order valence-corrected chi connectivity index (χ0v) is 11.6. The Morgan fingerprint density at radius 2 is 2.00 bits per heavy atom. The lowest BCUT2D eigenvalue weighted by atomic mass is 10.1. The van der Waals surface area contributed by atoms with Crippen LogP contribution in [0.4, 0.5) is 4.79 Å². The molecule has 2 aliphatic rings. The highest BCUT2D eigenvalue weighted by Gasteiger charge is 2.42. The summed E-state index contributed by atoms with van der Waals surface area (Å²) in [6.07, 6.45) is 5.19. The lowest BCUT2D eigenvalue weighted by Gasteiger charge is -2.17. The number of carbonyl (C=O) groups is 1. The molecule has 4 heteroatoms. The zero-order valence-electron chi connectivity index (χ0n) is 10.7. The van der Waals surface area contributed by atoms with Crippen molar-refractivity contribution >= 4 is 17.4 Å². The Morgan fingerprint density at radius 3 is 2.50 bits per heavy atom. The average molecular weight is 264 g/mol. The maximum absolute atomic E-state index is 11.9. The van der Waals surface area contributed by atoms with Gasteiger partial charge in [0.2, 0.25) is 0 Å². The van der Waals surface area contributed by atoms with Gasteiger partial charge in [0.1, 0.15) is 0 Å². The molecule has 0 saturated heterocycles. The van der Waals surface area contributed by atoms with E-state index in [1.165, 1.54) is 35.4 Å². The zero-order chi connectivity index (χ0) is 12.5. The van der Waals surface area contributed by atoms with Crippen molar-refractivity contribution < 1.29 is 4.79 Å². The number of hydrogen-bond donors (Lipinski definition) is 2. The van der Waals surface area contributed by atoms with Crippen LogP contribution in [0.5, 0.6) is 0 Å². The molecule has 1 aromatic heterocycles. The van der Waals surface area contributed by atoms with Crippen LogP contribution in [0.1, 0.15) is 35.4 Å². The van der Waals surface area contributed by atoms with E-state index in [9.17, 15) is 4.79 Å². The summed E-state index contributed by atoms with van der Waals surface area (Å²) in [5, 5.41) is 6.14. The predicted octanol–water partition coefficient (Wildman–Crippen LogP) is 3.04. The third-order valence-electron chi connectivity index (χ3n) is 3.78. The van der Waals surface area contributed by atoms with E-state index in [2.05, 4.69) is 29.7 Å². The fraction of sp³-hybridized carbons (Fsp3) is 0.643. The number of amides is 2. The molecule has 3 rings (SSSR count). The molecule has 2 fully saturated rings. The van der Waals surface area contributed by atoms with Crippen molar-refractivity contribution in [3.8, 4) is 0 Å². The maximum atomic E-state index is 11.9. The fourth-order valence-corrected chi connectivity index (χ4v) is 3.31. The molecule has 0 bridgehead atoms. The monoisotopic (exact) mass is 264 g/mol. The van der Waals surface area contributed by atoms with E-state index in [0.29, 0.717) is 12.6 Å². The van der Waals surface area contributed by atoms with E-state index in [1.54, 1.807) is 11.3 Å². The minimum absolute atomic E-state index is 0.00449. The van der Waals surface area contributed by atoms with Crippen molar-refractivity contribution in [1.82, 2.24) is 10.6 Å². The van der Waals surface area contributed by atoms with E-state index < -0.39 is 0 Å². The molecule has 18 heavy (non-hydrogen) atoms. The van der Waals surface area contributed by atoms with Gasteiger partial charge in [-0.05, 0) is 56.6 Å². The third kappa shape index (κ3) is 3.05. The van der Waals surface area contributed by atoms with Gasteiger partial charge in [0.15, 0.2) is 0 Å². The van der Waals surface area contributed by atoms with Gasteiger partial charge in [0.05, 0.1) is 6.54 Å². The summed E-state index contributed by atoms with van der Waals surface area (Å²) in [6.45, 7) is 2.73.